The van der Waals surface area contributed by atoms with E-state index in [0.29, 0.717) is 0 Å². The van der Waals surface area contributed by atoms with Crippen LogP contribution in [-0.2, 0) is 0 Å². The van der Waals surface area contributed by atoms with Gasteiger partial charge in [0, 0.05) is 11.6 Å². The van der Waals surface area contributed by atoms with Crippen LogP contribution in [0.15, 0.2) is 23.2 Å². The number of rotatable bonds is 0. The number of hydrogen-bond acceptors (Lipinski definition) is 2. The molecule has 2 aromatic heterocycles. The molecule has 0 amide bonds. The summed E-state index contributed by atoms with van der Waals surface area (Å²) < 4.78 is 0.933. The molecule has 0 bridgehead atoms. The zero-order valence-corrected chi connectivity index (χ0v) is 6.59. The first-order chi connectivity index (χ1) is 4.86. The van der Waals surface area contributed by atoms with Gasteiger partial charge in [-0.1, -0.05) is 0 Å². The van der Waals surface area contributed by atoms with E-state index >= 15 is 0 Å². The molecule has 0 atom stereocenters. The van der Waals surface area contributed by atoms with Gasteiger partial charge in [0.1, 0.15) is 12.0 Å². The number of nitrogens with zero attached hydrogens (tertiary/aromatic N) is 2. The summed E-state index contributed by atoms with van der Waals surface area (Å²) in [4.78, 5) is 10.9. The fraction of sp³-hybridized carbons (Fsp3) is 0. The number of nitrogens with one attached hydrogen (secondary N) is 1. The first-order valence-electron chi connectivity index (χ1n) is 2.80. The zero-order chi connectivity index (χ0) is 6.97. The highest BCUT2D eigenvalue weighted by molar-refractivity contribution is 9.10. The molecule has 10 heavy (non-hydrogen) atoms. The van der Waals surface area contributed by atoms with E-state index in [2.05, 4.69) is 30.9 Å². The van der Waals surface area contributed by atoms with Gasteiger partial charge in [-0.15, -0.1) is 0 Å². The third-order valence-corrected chi connectivity index (χ3v) is 1.69. The van der Waals surface area contributed by atoms with Crippen LogP contribution < -0.4 is 0 Å². The molecule has 0 aliphatic rings. The third-order valence-electron chi connectivity index (χ3n) is 1.26. The molecule has 0 saturated heterocycles. The summed E-state index contributed by atoms with van der Waals surface area (Å²) >= 11 is 3.30. The Labute approximate surface area is 65.6 Å². The normalized spacial score (nSPS) is 10.5. The van der Waals surface area contributed by atoms with Gasteiger partial charge in [0.15, 0.2) is 0 Å². The second-order valence-corrected chi connectivity index (χ2v) is 2.80. The molecular weight excluding hydrogens is 194 g/mol. The summed E-state index contributed by atoms with van der Waals surface area (Å²) in [5.41, 5.74) is 0.863. The van der Waals surface area contributed by atoms with Crippen LogP contribution >= 0.6 is 15.9 Å². The number of H-pyrrole nitrogens is 1. The van der Waals surface area contributed by atoms with Gasteiger partial charge < -0.3 is 4.98 Å². The molecule has 0 aliphatic heterocycles. The van der Waals surface area contributed by atoms with E-state index in [-0.39, 0.29) is 0 Å². The summed E-state index contributed by atoms with van der Waals surface area (Å²) in [7, 11) is 0. The second kappa shape index (κ2) is 2.05. The van der Waals surface area contributed by atoms with Crippen LogP contribution in [0.25, 0.3) is 11.0 Å². The zero-order valence-electron chi connectivity index (χ0n) is 5.00. The van der Waals surface area contributed by atoms with Gasteiger partial charge in [0.25, 0.3) is 0 Å². The van der Waals surface area contributed by atoms with Gasteiger partial charge in [0.05, 0.1) is 4.60 Å². The van der Waals surface area contributed by atoms with Crippen molar-refractivity contribution in [2.75, 3.05) is 0 Å². The SMILES string of the molecule is Brc1cc2cncnc2[nH]1. The predicted octanol–water partition coefficient (Wildman–Crippen LogP) is 1.72. The van der Waals surface area contributed by atoms with Gasteiger partial charge in [0.2, 0.25) is 0 Å². The highest BCUT2D eigenvalue weighted by Gasteiger charge is 1.95. The number of aromatic amines is 1. The largest absolute Gasteiger partial charge is 0.334 e. The Hall–Kier alpha value is -0.900. The van der Waals surface area contributed by atoms with Crippen molar-refractivity contribution in [3.63, 3.8) is 0 Å². The van der Waals surface area contributed by atoms with Crippen LogP contribution in [0.3, 0.4) is 0 Å². The van der Waals surface area contributed by atoms with E-state index < -0.39 is 0 Å². The van der Waals surface area contributed by atoms with Gasteiger partial charge in [-0.05, 0) is 22.0 Å². The molecule has 1 N–H and O–H groups in total. The third kappa shape index (κ3) is 0.806. The lowest BCUT2D eigenvalue weighted by atomic mass is 10.4. The van der Waals surface area contributed by atoms with E-state index in [1.807, 2.05) is 6.07 Å². The minimum atomic E-state index is 0.863. The Balaban J connectivity index is 2.88. The Morgan fingerprint density at radius 1 is 1.50 bits per heavy atom. The maximum absolute atomic E-state index is 4.01. The van der Waals surface area contributed by atoms with Crippen molar-refractivity contribution >= 4 is 27.0 Å². The molecule has 3 nitrogen and oxygen atoms in total. The summed E-state index contributed by atoms with van der Waals surface area (Å²) in [5.74, 6) is 0. The predicted molar refractivity (Wildman–Crippen MR) is 41.6 cm³/mol. The van der Waals surface area contributed by atoms with Crippen LogP contribution in [-0.4, -0.2) is 15.0 Å². The monoisotopic (exact) mass is 197 g/mol. The average molecular weight is 198 g/mol. The van der Waals surface area contributed by atoms with Crippen LogP contribution in [0.2, 0.25) is 0 Å². The molecule has 0 aliphatic carbocycles. The van der Waals surface area contributed by atoms with E-state index in [4.69, 9.17) is 0 Å². The Kier molecular flexibility index (Phi) is 1.20. The highest BCUT2D eigenvalue weighted by atomic mass is 79.9. The minimum Gasteiger partial charge on any atom is -0.334 e. The van der Waals surface area contributed by atoms with E-state index in [9.17, 15) is 0 Å². The van der Waals surface area contributed by atoms with Crippen LogP contribution in [0.5, 0.6) is 0 Å². The van der Waals surface area contributed by atoms with Crippen molar-refractivity contribution in [2.45, 2.75) is 0 Å². The molecule has 4 heteroatoms. The Morgan fingerprint density at radius 2 is 2.40 bits per heavy atom. The number of fused-ring (bicyclic) bond motifs is 1. The molecule has 50 valence electrons. The van der Waals surface area contributed by atoms with Crippen molar-refractivity contribution in [1.29, 1.82) is 0 Å². The quantitative estimate of drug-likeness (QED) is 0.700. The van der Waals surface area contributed by atoms with Crippen LogP contribution in [0.1, 0.15) is 0 Å². The maximum Gasteiger partial charge on any atom is 0.141 e. The molecular formula is C6H4BrN3. The topological polar surface area (TPSA) is 41.6 Å². The second-order valence-electron chi connectivity index (χ2n) is 1.94. The number of aromatic nitrogens is 3. The molecule has 0 unspecified atom stereocenters. The van der Waals surface area contributed by atoms with Crippen LogP contribution in [0, 0.1) is 0 Å². The molecule has 0 fully saturated rings. The van der Waals surface area contributed by atoms with Crippen molar-refractivity contribution < 1.29 is 0 Å². The molecule has 0 aromatic carbocycles. The van der Waals surface area contributed by atoms with Gasteiger partial charge >= 0.3 is 0 Å². The molecule has 0 radical (unpaired) electrons. The summed E-state index contributed by atoms with van der Waals surface area (Å²) in [6.45, 7) is 0. The Morgan fingerprint density at radius 3 is 3.20 bits per heavy atom. The fourth-order valence-corrected chi connectivity index (χ4v) is 1.27. The van der Waals surface area contributed by atoms with Crippen LogP contribution in [0.4, 0.5) is 0 Å². The standard InChI is InChI=1S/C6H4BrN3/c7-5-1-4-2-8-3-9-6(4)10-5/h1-3H,(H,8,9,10). The average Bonchev–Trinajstić information content (AvgIpc) is 2.27. The van der Waals surface area contributed by atoms with Gasteiger partial charge in [-0.3, -0.25) is 0 Å². The van der Waals surface area contributed by atoms with Gasteiger partial charge in [-0.25, -0.2) is 9.97 Å². The maximum atomic E-state index is 4.01. The first kappa shape index (κ1) is 5.85. The summed E-state index contributed by atoms with van der Waals surface area (Å²) in [6.07, 6.45) is 3.29. The lowest BCUT2D eigenvalue weighted by Gasteiger charge is -1.81. The van der Waals surface area contributed by atoms with Crippen molar-refractivity contribution in [2.24, 2.45) is 0 Å². The number of hydrogen-bond donors (Lipinski definition) is 1. The Bertz CT molecular complexity index is 322. The molecule has 0 saturated carbocycles. The molecule has 2 rings (SSSR count). The van der Waals surface area contributed by atoms with E-state index in [1.54, 1.807) is 6.20 Å². The van der Waals surface area contributed by atoms with Crippen molar-refractivity contribution in [3.8, 4) is 0 Å². The van der Waals surface area contributed by atoms with Crippen molar-refractivity contribution in [1.82, 2.24) is 15.0 Å². The van der Waals surface area contributed by atoms with E-state index in [1.165, 1.54) is 6.33 Å². The lowest BCUT2D eigenvalue weighted by molar-refractivity contribution is 1.20. The molecule has 2 aromatic rings. The van der Waals surface area contributed by atoms with Crippen molar-refractivity contribution in [3.05, 3.63) is 23.2 Å². The number of halogens is 1. The lowest BCUT2D eigenvalue weighted by Crippen LogP contribution is -1.75. The summed E-state index contributed by atoms with van der Waals surface area (Å²) in [6, 6.07) is 1.94. The first-order valence-corrected chi connectivity index (χ1v) is 3.60. The molecule has 0 spiro atoms. The molecule has 2 heterocycles. The highest BCUT2D eigenvalue weighted by Crippen LogP contribution is 2.14. The summed E-state index contributed by atoms with van der Waals surface area (Å²) in [5, 5.41) is 1.02. The van der Waals surface area contributed by atoms with E-state index in [0.717, 1.165) is 15.6 Å². The smallest absolute Gasteiger partial charge is 0.141 e. The fourth-order valence-electron chi connectivity index (χ4n) is 0.836. The minimum absolute atomic E-state index is 0.863. The van der Waals surface area contributed by atoms with Gasteiger partial charge in [-0.2, -0.15) is 0 Å².